The lowest BCUT2D eigenvalue weighted by molar-refractivity contribution is -0.129. The zero-order valence-electron chi connectivity index (χ0n) is 17.4. The molecule has 7 heteroatoms. The molecule has 1 aromatic heterocycles. The lowest BCUT2D eigenvalue weighted by Gasteiger charge is -2.22. The van der Waals surface area contributed by atoms with Gasteiger partial charge in [-0.05, 0) is 43.1 Å². The average Bonchev–Trinajstić information content (AvgIpc) is 3.38. The highest BCUT2D eigenvalue weighted by Crippen LogP contribution is 2.31. The van der Waals surface area contributed by atoms with Gasteiger partial charge in [-0.3, -0.25) is 9.59 Å². The molecule has 1 unspecified atom stereocenters. The van der Waals surface area contributed by atoms with Gasteiger partial charge in [0, 0.05) is 30.3 Å². The fourth-order valence-electron chi connectivity index (χ4n) is 4.55. The summed E-state index contributed by atoms with van der Waals surface area (Å²) in [6, 6.07) is 10.2. The summed E-state index contributed by atoms with van der Waals surface area (Å²) in [5.74, 6) is 0.566. The summed E-state index contributed by atoms with van der Waals surface area (Å²) in [5.41, 5.74) is 8.20. The molecule has 6 nitrogen and oxygen atoms in total. The van der Waals surface area contributed by atoms with Gasteiger partial charge in [-0.15, -0.1) is 11.3 Å². The minimum atomic E-state index is -0.312. The Labute approximate surface area is 181 Å². The molecule has 160 valence electrons. The first-order chi connectivity index (χ1) is 14.5. The van der Waals surface area contributed by atoms with Gasteiger partial charge < -0.3 is 16.4 Å². The number of nitrogen functional groups attached to an aromatic ring is 1. The molecule has 4 atom stereocenters. The first-order valence-corrected chi connectivity index (χ1v) is 11.6. The van der Waals surface area contributed by atoms with Crippen LogP contribution in [0.2, 0.25) is 0 Å². The molecule has 1 aliphatic carbocycles. The Morgan fingerprint density at radius 3 is 2.93 bits per heavy atom. The zero-order valence-corrected chi connectivity index (χ0v) is 18.2. The highest BCUT2D eigenvalue weighted by atomic mass is 32.1. The number of ketones is 1. The Morgan fingerprint density at radius 1 is 1.33 bits per heavy atom. The number of nitrogens with one attached hydrogen (secondary N) is 2. The van der Waals surface area contributed by atoms with E-state index in [0.717, 1.165) is 37.9 Å². The number of amides is 1. The van der Waals surface area contributed by atoms with Gasteiger partial charge in [0.25, 0.3) is 0 Å². The number of rotatable bonds is 7. The molecule has 30 heavy (non-hydrogen) atoms. The van der Waals surface area contributed by atoms with Gasteiger partial charge in [-0.1, -0.05) is 37.3 Å². The monoisotopic (exact) mass is 426 g/mol. The fraction of sp³-hybridized carbons (Fsp3) is 0.522. The smallest absolute Gasteiger partial charge is 0.223 e. The van der Waals surface area contributed by atoms with E-state index in [2.05, 4.69) is 27.8 Å². The van der Waals surface area contributed by atoms with E-state index in [1.807, 2.05) is 25.1 Å². The van der Waals surface area contributed by atoms with E-state index in [1.165, 1.54) is 10.4 Å². The molecule has 2 heterocycles. The molecule has 1 amide bonds. The van der Waals surface area contributed by atoms with Crippen LogP contribution in [0.1, 0.15) is 48.2 Å². The predicted octanol–water partition coefficient (Wildman–Crippen LogP) is 2.69. The maximum atomic E-state index is 12.7. The summed E-state index contributed by atoms with van der Waals surface area (Å²) in [6.45, 7) is 3.30. The number of Topliss-reactive ketones (excluding diaryl/α,β-unsaturated/α-hetero) is 1. The number of nitrogens with two attached hydrogens (primary N) is 1. The Morgan fingerprint density at radius 2 is 2.13 bits per heavy atom. The topological polar surface area (TPSA) is 97.1 Å². The van der Waals surface area contributed by atoms with Crippen LogP contribution in [-0.4, -0.2) is 35.8 Å². The van der Waals surface area contributed by atoms with Crippen molar-refractivity contribution in [2.75, 3.05) is 18.8 Å². The number of carbonyl (C=O) groups excluding carboxylic acids is 2. The van der Waals surface area contributed by atoms with Crippen molar-refractivity contribution < 1.29 is 9.59 Å². The highest BCUT2D eigenvalue weighted by Gasteiger charge is 2.32. The van der Waals surface area contributed by atoms with Crippen molar-refractivity contribution in [1.82, 2.24) is 15.6 Å². The summed E-state index contributed by atoms with van der Waals surface area (Å²) in [7, 11) is 0. The summed E-state index contributed by atoms with van der Waals surface area (Å²) >= 11 is 1.56. The fourth-order valence-corrected chi connectivity index (χ4v) is 5.55. The van der Waals surface area contributed by atoms with Gasteiger partial charge in [-0.25, -0.2) is 4.98 Å². The van der Waals surface area contributed by atoms with Crippen LogP contribution in [0.25, 0.3) is 0 Å². The number of aryl methyl sites for hydroxylation is 1. The van der Waals surface area contributed by atoms with E-state index in [4.69, 9.17) is 5.73 Å². The number of anilines is 1. The SMILES string of the molecule is C[C@H](CC(=O)[C@H]1C[C@H](c2ccccc2)CN1)C(=O)NCC1CCc2nc(N)sc2C1. The molecule has 1 aromatic carbocycles. The largest absolute Gasteiger partial charge is 0.375 e. The second-order valence-electron chi connectivity index (χ2n) is 8.65. The number of carbonyl (C=O) groups is 2. The second kappa shape index (κ2) is 9.27. The average molecular weight is 427 g/mol. The van der Waals surface area contributed by atoms with E-state index >= 15 is 0 Å². The van der Waals surface area contributed by atoms with Crippen molar-refractivity contribution >= 4 is 28.2 Å². The maximum Gasteiger partial charge on any atom is 0.223 e. The second-order valence-corrected chi connectivity index (χ2v) is 9.77. The van der Waals surface area contributed by atoms with E-state index in [-0.39, 0.29) is 30.1 Å². The molecule has 1 fully saturated rings. The van der Waals surface area contributed by atoms with Crippen LogP contribution in [0.5, 0.6) is 0 Å². The van der Waals surface area contributed by atoms with Crippen LogP contribution in [0.3, 0.4) is 0 Å². The number of thiazole rings is 1. The van der Waals surface area contributed by atoms with Crippen molar-refractivity contribution in [3.05, 3.63) is 46.5 Å². The normalized spacial score (nSPS) is 24.2. The number of fused-ring (bicyclic) bond motifs is 1. The molecule has 0 radical (unpaired) electrons. The lowest BCUT2D eigenvalue weighted by atomic mass is 9.90. The number of hydrogen-bond acceptors (Lipinski definition) is 6. The molecule has 0 saturated carbocycles. The van der Waals surface area contributed by atoms with Crippen LogP contribution >= 0.6 is 11.3 Å². The standard InChI is InChI=1S/C23H30N4O2S/c1-14(9-20(28)19-11-17(13-25-19)16-5-3-2-4-6-16)22(29)26-12-15-7-8-18-21(10-15)30-23(24)27-18/h2-6,14-15,17,19,25H,7-13H2,1H3,(H2,24,27)(H,26,29)/t14-,15?,17+,19-/m1/s1. The summed E-state index contributed by atoms with van der Waals surface area (Å²) < 4.78 is 0. The van der Waals surface area contributed by atoms with E-state index in [0.29, 0.717) is 23.5 Å². The molecule has 0 spiro atoms. The predicted molar refractivity (Wildman–Crippen MR) is 119 cm³/mol. The van der Waals surface area contributed by atoms with Gasteiger partial charge in [0.15, 0.2) is 10.9 Å². The summed E-state index contributed by atoms with van der Waals surface area (Å²) in [5, 5.41) is 7.04. The van der Waals surface area contributed by atoms with Crippen molar-refractivity contribution in [2.24, 2.45) is 11.8 Å². The minimum absolute atomic E-state index is 0.0319. The van der Waals surface area contributed by atoms with Crippen molar-refractivity contribution in [2.45, 2.75) is 51.0 Å². The summed E-state index contributed by atoms with van der Waals surface area (Å²) in [6.07, 6.45) is 3.94. The van der Waals surface area contributed by atoms with Crippen molar-refractivity contribution in [3.8, 4) is 0 Å². The van der Waals surface area contributed by atoms with Crippen molar-refractivity contribution in [3.63, 3.8) is 0 Å². The third kappa shape index (κ3) is 4.90. The first-order valence-electron chi connectivity index (χ1n) is 10.8. The van der Waals surface area contributed by atoms with Crippen LogP contribution in [0.4, 0.5) is 5.13 Å². The number of nitrogens with zero attached hydrogens (tertiary/aromatic N) is 1. The van der Waals surface area contributed by atoms with E-state index in [9.17, 15) is 9.59 Å². The molecule has 0 bridgehead atoms. The number of hydrogen-bond donors (Lipinski definition) is 3. The van der Waals surface area contributed by atoms with E-state index < -0.39 is 0 Å². The number of benzene rings is 1. The molecule has 1 saturated heterocycles. The van der Waals surface area contributed by atoms with Crippen LogP contribution in [0.15, 0.2) is 30.3 Å². The van der Waals surface area contributed by atoms with E-state index in [1.54, 1.807) is 11.3 Å². The van der Waals surface area contributed by atoms with Gasteiger partial charge in [-0.2, -0.15) is 0 Å². The molecule has 4 rings (SSSR count). The Bertz CT molecular complexity index is 898. The Kier molecular flexibility index (Phi) is 6.49. The van der Waals surface area contributed by atoms with Crippen LogP contribution < -0.4 is 16.4 Å². The third-order valence-electron chi connectivity index (χ3n) is 6.37. The molecule has 2 aromatic rings. The van der Waals surface area contributed by atoms with Crippen LogP contribution in [-0.2, 0) is 22.4 Å². The quantitative estimate of drug-likeness (QED) is 0.632. The van der Waals surface area contributed by atoms with Gasteiger partial charge in [0.05, 0.1) is 11.7 Å². The van der Waals surface area contributed by atoms with Crippen LogP contribution in [0, 0.1) is 11.8 Å². The van der Waals surface area contributed by atoms with Gasteiger partial charge in [0.2, 0.25) is 5.91 Å². The Balaban J connectivity index is 1.21. The van der Waals surface area contributed by atoms with Gasteiger partial charge >= 0.3 is 0 Å². The first kappa shape index (κ1) is 21.0. The lowest BCUT2D eigenvalue weighted by Crippen LogP contribution is -2.38. The number of aromatic nitrogens is 1. The Hall–Kier alpha value is -2.25. The minimum Gasteiger partial charge on any atom is -0.375 e. The maximum absolute atomic E-state index is 12.7. The van der Waals surface area contributed by atoms with Crippen molar-refractivity contribution in [1.29, 1.82) is 0 Å². The van der Waals surface area contributed by atoms with Gasteiger partial charge in [0.1, 0.15) is 0 Å². The molecular weight excluding hydrogens is 396 g/mol. The molecular formula is C23H30N4O2S. The molecule has 4 N–H and O–H groups in total. The highest BCUT2D eigenvalue weighted by molar-refractivity contribution is 7.15. The summed E-state index contributed by atoms with van der Waals surface area (Å²) in [4.78, 5) is 30.9. The zero-order chi connectivity index (χ0) is 21.1. The third-order valence-corrected chi connectivity index (χ3v) is 7.32. The molecule has 2 aliphatic rings. The molecule has 1 aliphatic heterocycles.